The summed E-state index contributed by atoms with van der Waals surface area (Å²) in [5.74, 6) is 0.759. The normalized spacial score (nSPS) is 13.7. The molecule has 1 aromatic rings. The van der Waals surface area contributed by atoms with Crippen molar-refractivity contribution in [1.82, 2.24) is 16.0 Å². The van der Waals surface area contributed by atoms with Gasteiger partial charge < -0.3 is 20.7 Å². The maximum absolute atomic E-state index is 13.6. The van der Waals surface area contributed by atoms with Crippen molar-refractivity contribution in [2.75, 3.05) is 26.7 Å². The molecule has 0 aromatic heterocycles. The Balaban J connectivity index is 0.00000338. The Kier molecular flexibility index (Phi) is 10.5. The Morgan fingerprint density at radius 1 is 1.27 bits per heavy atom. The molecule has 8 heteroatoms. The molecule has 1 aliphatic rings. The standard InChI is InChI=1S/C18H27FN4O2.HI/c1-3-20-18(22-9-8-21-17(24)14-5-6-14)23-11-13-4-7-16(19)15(10-13)12-25-2;/h4,7,10,14H,3,5-6,8-9,11-12H2,1-2H3,(H,21,24)(H2,20,22,23);1H. The van der Waals surface area contributed by atoms with Crippen LogP contribution in [-0.4, -0.2) is 38.6 Å². The van der Waals surface area contributed by atoms with Gasteiger partial charge in [0.2, 0.25) is 5.91 Å². The summed E-state index contributed by atoms with van der Waals surface area (Å²) in [5.41, 5.74) is 1.43. The van der Waals surface area contributed by atoms with Gasteiger partial charge in [0.1, 0.15) is 5.82 Å². The van der Waals surface area contributed by atoms with Crippen molar-refractivity contribution in [2.24, 2.45) is 10.9 Å². The number of amides is 1. The van der Waals surface area contributed by atoms with Crippen LogP contribution in [0.5, 0.6) is 0 Å². The number of benzene rings is 1. The first-order chi connectivity index (χ1) is 12.1. The molecule has 3 N–H and O–H groups in total. The molecule has 146 valence electrons. The van der Waals surface area contributed by atoms with E-state index in [1.165, 1.54) is 6.07 Å². The second-order valence-electron chi connectivity index (χ2n) is 6.05. The number of halogens is 2. The van der Waals surface area contributed by atoms with Gasteiger partial charge in [-0.05, 0) is 37.5 Å². The van der Waals surface area contributed by atoms with Crippen LogP contribution in [-0.2, 0) is 22.7 Å². The van der Waals surface area contributed by atoms with Crippen LogP contribution < -0.4 is 16.0 Å². The lowest BCUT2D eigenvalue weighted by Gasteiger charge is -2.12. The van der Waals surface area contributed by atoms with E-state index in [9.17, 15) is 9.18 Å². The van der Waals surface area contributed by atoms with Crippen LogP contribution in [0.3, 0.4) is 0 Å². The largest absolute Gasteiger partial charge is 0.380 e. The van der Waals surface area contributed by atoms with Gasteiger partial charge in [0.15, 0.2) is 5.96 Å². The third-order valence-electron chi connectivity index (χ3n) is 3.84. The number of hydrogen-bond donors (Lipinski definition) is 3. The molecule has 0 spiro atoms. The Morgan fingerprint density at radius 2 is 2.00 bits per heavy atom. The zero-order valence-electron chi connectivity index (χ0n) is 15.3. The highest BCUT2D eigenvalue weighted by atomic mass is 127. The van der Waals surface area contributed by atoms with Crippen LogP contribution >= 0.6 is 24.0 Å². The minimum absolute atomic E-state index is 0. The maximum atomic E-state index is 13.6. The van der Waals surface area contributed by atoms with Gasteiger partial charge >= 0.3 is 0 Å². The van der Waals surface area contributed by atoms with Crippen molar-refractivity contribution in [3.8, 4) is 0 Å². The minimum Gasteiger partial charge on any atom is -0.380 e. The Hall–Kier alpha value is -1.42. The summed E-state index contributed by atoms with van der Waals surface area (Å²) in [6.45, 7) is 4.55. The number of nitrogens with one attached hydrogen (secondary N) is 3. The number of aliphatic imine (C=N–C) groups is 1. The fraction of sp³-hybridized carbons (Fsp3) is 0.556. The van der Waals surface area contributed by atoms with Gasteiger partial charge in [-0.3, -0.25) is 4.79 Å². The molecule has 1 amide bonds. The summed E-state index contributed by atoms with van der Waals surface area (Å²) in [6.07, 6.45) is 2.01. The van der Waals surface area contributed by atoms with Crippen molar-refractivity contribution in [2.45, 2.75) is 32.9 Å². The Morgan fingerprint density at radius 3 is 2.65 bits per heavy atom. The molecule has 26 heavy (non-hydrogen) atoms. The van der Waals surface area contributed by atoms with Crippen LogP contribution in [0.4, 0.5) is 4.39 Å². The molecule has 0 atom stereocenters. The third kappa shape index (κ3) is 7.86. The zero-order valence-corrected chi connectivity index (χ0v) is 17.6. The van der Waals surface area contributed by atoms with Crippen molar-refractivity contribution in [1.29, 1.82) is 0 Å². The first kappa shape index (κ1) is 22.6. The van der Waals surface area contributed by atoms with E-state index in [2.05, 4.69) is 20.9 Å². The summed E-state index contributed by atoms with van der Waals surface area (Å²) in [7, 11) is 1.54. The molecular weight excluding hydrogens is 450 g/mol. The number of carbonyl (C=O) groups is 1. The molecular formula is C18H28FIN4O2. The lowest BCUT2D eigenvalue weighted by Crippen LogP contribution is -2.41. The Bertz CT molecular complexity index is 609. The van der Waals surface area contributed by atoms with Gasteiger partial charge in [0.05, 0.1) is 13.2 Å². The van der Waals surface area contributed by atoms with Crippen LogP contribution in [0.2, 0.25) is 0 Å². The molecule has 1 saturated carbocycles. The average molecular weight is 478 g/mol. The van der Waals surface area contributed by atoms with E-state index in [-0.39, 0.29) is 48.2 Å². The smallest absolute Gasteiger partial charge is 0.223 e. The van der Waals surface area contributed by atoms with Crippen LogP contribution in [0.15, 0.2) is 23.2 Å². The number of carbonyl (C=O) groups excluding carboxylic acids is 1. The molecule has 0 saturated heterocycles. The molecule has 1 aromatic carbocycles. The maximum Gasteiger partial charge on any atom is 0.223 e. The SMILES string of the molecule is CCNC(=NCc1ccc(F)c(COC)c1)NCCNC(=O)C1CC1.I. The highest BCUT2D eigenvalue weighted by Gasteiger charge is 2.28. The van der Waals surface area contributed by atoms with E-state index in [1.54, 1.807) is 19.2 Å². The van der Waals surface area contributed by atoms with Gasteiger partial charge in [-0.15, -0.1) is 24.0 Å². The van der Waals surface area contributed by atoms with E-state index in [0.29, 0.717) is 31.2 Å². The second-order valence-corrected chi connectivity index (χ2v) is 6.05. The summed E-state index contributed by atoms with van der Waals surface area (Å²) >= 11 is 0. The van der Waals surface area contributed by atoms with Crippen molar-refractivity contribution in [3.05, 3.63) is 35.1 Å². The quantitative estimate of drug-likeness (QED) is 0.220. The van der Waals surface area contributed by atoms with Crippen molar-refractivity contribution < 1.29 is 13.9 Å². The number of rotatable bonds is 9. The van der Waals surface area contributed by atoms with E-state index < -0.39 is 0 Å². The van der Waals surface area contributed by atoms with Gasteiger partial charge in [0.25, 0.3) is 0 Å². The van der Waals surface area contributed by atoms with Gasteiger partial charge in [-0.25, -0.2) is 9.38 Å². The number of hydrogen-bond acceptors (Lipinski definition) is 3. The minimum atomic E-state index is -0.272. The average Bonchev–Trinajstić information content (AvgIpc) is 3.44. The third-order valence-corrected chi connectivity index (χ3v) is 3.84. The molecule has 0 unspecified atom stereocenters. The molecule has 2 rings (SSSR count). The summed E-state index contributed by atoms with van der Waals surface area (Å²) in [6, 6.07) is 4.92. The lowest BCUT2D eigenvalue weighted by molar-refractivity contribution is -0.122. The van der Waals surface area contributed by atoms with E-state index in [0.717, 1.165) is 24.9 Å². The molecule has 1 fully saturated rings. The van der Waals surface area contributed by atoms with Crippen LogP contribution in [0, 0.1) is 11.7 Å². The molecule has 1 aliphatic carbocycles. The Labute approximate surface area is 171 Å². The second kappa shape index (κ2) is 12.1. The number of guanidine groups is 1. The number of methoxy groups -OCH3 is 1. The monoisotopic (exact) mass is 478 g/mol. The predicted molar refractivity (Wildman–Crippen MR) is 111 cm³/mol. The summed E-state index contributed by atoms with van der Waals surface area (Å²) in [4.78, 5) is 16.1. The van der Waals surface area contributed by atoms with Crippen molar-refractivity contribution >= 4 is 35.8 Å². The van der Waals surface area contributed by atoms with E-state index in [4.69, 9.17) is 4.74 Å². The van der Waals surface area contributed by atoms with Gasteiger partial charge in [-0.2, -0.15) is 0 Å². The molecule has 0 bridgehead atoms. The predicted octanol–water partition coefficient (Wildman–Crippen LogP) is 2.17. The first-order valence-electron chi connectivity index (χ1n) is 8.70. The van der Waals surface area contributed by atoms with Gasteiger partial charge in [-0.1, -0.05) is 6.07 Å². The fourth-order valence-corrected chi connectivity index (χ4v) is 2.36. The molecule has 0 radical (unpaired) electrons. The molecule has 6 nitrogen and oxygen atoms in total. The lowest BCUT2D eigenvalue weighted by atomic mass is 10.1. The number of nitrogens with zero attached hydrogens (tertiary/aromatic N) is 1. The topological polar surface area (TPSA) is 74.8 Å². The van der Waals surface area contributed by atoms with Crippen LogP contribution in [0.1, 0.15) is 30.9 Å². The summed E-state index contributed by atoms with van der Waals surface area (Å²) < 4.78 is 18.6. The first-order valence-corrected chi connectivity index (χ1v) is 8.70. The van der Waals surface area contributed by atoms with E-state index >= 15 is 0 Å². The molecule has 0 aliphatic heterocycles. The highest BCUT2D eigenvalue weighted by Crippen LogP contribution is 2.28. The van der Waals surface area contributed by atoms with E-state index in [1.807, 2.05) is 6.92 Å². The van der Waals surface area contributed by atoms with Crippen molar-refractivity contribution in [3.63, 3.8) is 0 Å². The van der Waals surface area contributed by atoms with Gasteiger partial charge in [0, 0.05) is 38.2 Å². The summed E-state index contributed by atoms with van der Waals surface area (Å²) in [5, 5.41) is 9.24. The zero-order chi connectivity index (χ0) is 18.1. The molecule has 0 heterocycles. The van der Waals surface area contributed by atoms with Crippen LogP contribution in [0.25, 0.3) is 0 Å². The highest BCUT2D eigenvalue weighted by molar-refractivity contribution is 14.0. The number of ether oxygens (including phenoxy) is 1. The fourth-order valence-electron chi connectivity index (χ4n) is 2.36.